The van der Waals surface area contributed by atoms with Gasteiger partial charge in [-0.3, -0.25) is 14.4 Å². The summed E-state index contributed by atoms with van der Waals surface area (Å²) in [4.78, 5) is 44.6. The topological polar surface area (TPSA) is 86.5 Å². The number of rotatable bonds is 9. The molecule has 6 rings (SSSR count). The van der Waals surface area contributed by atoms with Gasteiger partial charge in [-0.15, -0.1) is 0 Å². The Morgan fingerprint density at radius 3 is 1.95 bits per heavy atom. The van der Waals surface area contributed by atoms with Gasteiger partial charge in [0, 0.05) is 45.4 Å². The number of thioether (sulfide) groups is 2. The first kappa shape index (κ1) is 29.4. The molecule has 1 aliphatic heterocycles. The van der Waals surface area contributed by atoms with E-state index in [0.29, 0.717) is 28.5 Å². The maximum Gasteiger partial charge on any atom is 0.258 e. The van der Waals surface area contributed by atoms with Crippen molar-refractivity contribution < 1.29 is 23.5 Å². The third-order valence-electron chi connectivity index (χ3n) is 7.14. The molecular formula is C36H27NO5S2. The highest BCUT2D eigenvalue weighted by molar-refractivity contribution is 8.14. The smallest absolute Gasteiger partial charge is 0.258 e. The summed E-state index contributed by atoms with van der Waals surface area (Å²) in [6.45, 7) is 1.67. The first-order valence-corrected chi connectivity index (χ1v) is 15.7. The molecular weight excluding hydrogens is 591 g/mol. The lowest BCUT2D eigenvalue weighted by atomic mass is 9.92. The van der Waals surface area contributed by atoms with E-state index < -0.39 is 5.60 Å². The van der Waals surface area contributed by atoms with Crippen LogP contribution in [0, 0.1) is 0 Å². The number of oxazole rings is 1. The highest BCUT2D eigenvalue weighted by Gasteiger charge is 2.43. The molecule has 1 unspecified atom stereocenters. The number of nitrogens with zero attached hydrogens (tertiary/aromatic N) is 1. The highest BCUT2D eigenvalue weighted by atomic mass is 32.2. The van der Waals surface area contributed by atoms with Crippen molar-refractivity contribution in [2.45, 2.75) is 35.2 Å². The van der Waals surface area contributed by atoms with Gasteiger partial charge >= 0.3 is 0 Å². The average molecular weight is 618 g/mol. The normalized spacial score (nSPS) is 15.9. The van der Waals surface area contributed by atoms with Gasteiger partial charge in [0.15, 0.2) is 28.1 Å². The van der Waals surface area contributed by atoms with E-state index in [9.17, 15) is 14.4 Å². The minimum absolute atomic E-state index is 0.0228. The number of carbonyl (C=O) groups is 3. The van der Waals surface area contributed by atoms with E-state index >= 15 is 0 Å². The fraction of sp³-hybridized carbons (Fsp3) is 0.111. The second-order valence-corrected chi connectivity index (χ2v) is 12.4. The number of aryl methyl sites for hydroxylation is 1. The monoisotopic (exact) mass is 617 g/mol. The van der Waals surface area contributed by atoms with Gasteiger partial charge in [0.25, 0.3) is 5.12 Å². The molecule has 0 aliphatic carbocycles. The number of carbonyl (C=O) groups excluding carboxylic acids is 3. The van der Waals surface area contributed by atoms with Crippen molar-refractivity contribution in [2.24, 2.45) is 0 Å². The Kier molecular flexibility index (Phi) is 8.63. The number of benzene rings is 4. The number of aromatic nitrogens is 1. The van der Waals surface area contributed by atoms with E-state index in [0.717, 1.165) is 45.2 Å². The SMILES string of the molecule is CC1(c2ccccc2)OC(C(=O)Sc2ccc(SC(=O)CCc3nc(-c4ccccc4)c(-c4ccccc4)o3)cc2)=CC1=O. The van der Waals surface area contributed by atoms with Crippen molar-refractivity contribution in [2.75, 3.05) is 0 Å². The first-order valence-electron chi connectivity index (χ1n) is 14.0. The van der Waals surface area contributed by atoms with Gasteiger partial charge in [0.05, 0.1) is 0 Å². The number of ether oxygens (including phenoxy) is 1. The molecule has 6 nitrogen and oxygen atoms in total. The molecule has 5 aromatic rings. The Balaban J connectivity index is 1.05. The lowest BCUT2D eigenvalue weighted by molar-refractivity contribution is -0.130. The summed E-state index contributed by atoms with van der Waals surface area (Å²) >= 11 is 2.11. The molecule has 0 saturated carbocycles. The Hall–Kier alpha value is -4.66. The molecule has 0 spiro atoms. The van der Waals surface area contributed by atoms with Gasteiger partial charge in [-0.1, -0.05) is 103 Å². The van der Waals surface area contributed by atoms with Crippen LogP contribution >= 0.6 is 23.5 Å². The summed E-state index contributed by atoms with van der Waals surface area (Å²) in [7, 11) is 0. The molecule has 4 aromatic carbocycles. The Morgan fingerprint density at radius 1 is 0.750 bits per heavy atom. The van der Waals surface area contributed by atoms with Crippen molar-refractivity contribution in [1.82, 2.24) is 4.98 Å². The van der Waals surface area contributed by atoms with E-state index in [1.54, 1.807) is 43.3 Å². The summed E-state index contributed by atoms with van der Waals surface area (Å²) in [5.74, 6) is 0.946. The van der Waals surface area contributed by atoms with Gasteiger partial charge in [0.2, 0.25) is 5.78 Å². The van der Waals surface area contributed by atoms with Crippen LogP contribution < -0.4 is 0 Å². The highest BCUT2D eigenvalue weighted by Crippen LogP contribution is 2.38. The zero-order valence-electron chi connectivity index (χ0n) is 23.8. The van der Waals surface area contributed by atoms with E-state index in [1.165, 1.54) is 6.08 Å². The molecule has 1 atom stereocenters. The number of ketones is 1. The molecule has 0 fully saturated rings. The molecule has 2 heterocycles. The second-order valence-electron chi connectivity index (χ2n) is 10.2. The minimum atomic E-state index is -1.22. The first-order chi connectivity index (χ1) is 21.4. The molecule has 0 bridgehead atoms. The van der Waals surface area contributed by atoms with Crippen LogP contribution in [0.25, 0.3) is 22.6 Å². The predicted molar refractivity (Wildman–Crippen MR) is 172 cm³/mol. The minimum Gasteiger partial charge on any atom is -0.470 e. The third kappa shape index (κ3) is 6.46. The molecule has 8 heteroatoms. The fourth-order valence-electron chi connectivity index (χ4n) is 4.79. The third-order valence-corrected chi connectivity index (χ3v) is 8.97. The lowest BCUT2D eigenvalue weighted by Gasteiger charge is -2.23. The van der Waals surface area contributed by atoms with Crippen LogP contribution in [0.5, 0.6) is 0 Å². The molecule has 0 amide bonds. The van der Waals surface area contributed by atoms with Crippen molar-refractivity contribution in [1.29, 1.82) is 0 Å². The van der Waals surface area contributed by atoms with Crippen LogP contribution in [-0.4, -0.2) is 21.0 Å². The molecule has 1 aliphatic rings. The number of hydrogen-bond donors (Lipinski definition) is 0. The average Bonchev–Trinajstić information content (AvgIpc) is 3.63. The molecule has 218 valence electrons. The van der Waals surface area contributed by atoms with Gasteiger partial charge in [0.1, 0.15) is 5.69 Å². The maximum absolute atomic E-state index is 12.9. The van der Waals surface area contributed by atoms with Gasteiger partial charge in [-0.25, -0.2) is 4.98 Å². The van der Waals surface area contributed by atoms with E-state index in [4.69, 9.17) is 14.1 Å². The summed E-state index contributed by atoms with van der Waals surface area (Å²) in [5, 5.41) is -0.379. The molecule has 1 aromatic heterocycles. The van der Waals surface area contributed by atoms with Crippen LogP contribution in [0.3, 0.4) is 0 Å². The Morgan fingerprint density at radius 2 is 1.32 bits per heavy atom. The Bertz CT molecular complexity index is 1780. The predicted octanol–water partition coefficient (Wildman–Crippen LogP) is 8.28. The standard InChI is InChI=1S/C36H27NO5S2/c1-36(26-15-9-4-10-16-26)30(38)23-29(42-36)35(40)44-28-19-17-27(18-20-28)43-32(39)22-21-31-37-33(24-11-5-2-6-12-24)34(41-31)25-13-7-3-8-14-25/h2-20,23H,21-22H2,1H3. The van der Waals surface area contributed by atoms with Gasteiger partial charge in [-0.2, -0.15) is 0 Å². The largest absolute Gasteiger partial charge is 0.470 e. The van der Waals surface area contributed by atoms with E-state index in [-0.39, 0.29) is 28.2 Å². The summed E-state index contributed by atoms with van der Waals surface area (Å²) in [6, 6.07) is 35.9. The zero-order valence-corrected chi connectivity index (χ0v) is 25.4. The Labute approximate surface area is 263 Å². The van der Waals surface area contributed by atoms with Crippen molar-refractivity contribution in [3.05, 3.63) is 139 Å². The quantitative estimate of drug-likeness (QED) is 0.153. The zero-order chi connectivity index (χ0) is 30.5. The van der Waals surface area contributed by atoms with Crippen LogP contribution in [-0.2, 0) is 31.1 Å². The van der Waals surface area contributed by atoms with E-state index in [1.807, 2.05) is 78.9 Å². The maximum atomic E-state index is 12.9. The number of hydrogen-bond acceptors (Lipinski definition) is 8. The van der Waals surface area contributed by atoms with Crippen molar-refractivity contribution in [3.63, 3.8) is 0 Å². The van der Waals surface area contributed by atoms with Crippen LogP contribution in [0.2, 0.25) is 0 Å². The second kappa shape index (κ2) is 12.9. The van der Waals surface area contributed by atoms with Crippen molar-refractivity contribution >= 4 is 39.5 Å². The molecule has 0 radical (unpaired) electrons. The fourth-order valence-corrected chi connectivity index (χ4v) is 6.21. The molecule has 0 saturated heterocycles. The summed E-state index contributed by atoms with van der Waals surface area (Å²) in [5.41, 5.74) is 2.10. The van der Waals surface area contributed by atoms with Crippen LogP contribution in [0.4, 0.5) is 0 Å². The summed E-state index contributed by atoms with van der Waals surface area (Å²) in [6.07, 6.45) is 1.89. The molecule has 0 N–H and O–H groups in total. The van der Waals surface area contributed by atoms with Crippen molar-refractivity contribution in [3.8, 4) is 22.6 Å². The molecule has 44 heavy (non-hydrogen) atoms. The summed E-state index contributed by atoms with van der Waals surface area (Å²) < 4.78 is 12.0. The lowest BCUT2D eigenvalue weighted by Crippen LogP contribution is -2.29. The van der Waals surface area contributed by atoms with E-state index in [2.05, 4.69) is 0 Å². The van der Waals surface area contributed by atoms with Crippen LogP contribution in [0.15, 0.2) is 141 Å². The van der Waals surface area contributed by atoms with Gasteiger partial charge < -0.3 is 9.15 Å². The van der Waals surface area contributed by atoms with Gasteiger partial charge in [-0.05, 0) is 43.0 Å². The van der Waals surface area contributed by atoms with Crippen LogP contribution in [0.1, 0.15) is 24.8 Å².